The molecule has 0 saturated heterocycles. The Hall–Kier alpha value is -1.60. The van der Waals surface area contributed by atoms with Gasteiger partial charge in [0.05, 0.1) is 6.61 Å². The highest BCUT2D eigenvalue weighted by atomic mass is 16.3. The van der Waals surface area contributed by atoms with E-state index in [2.05, 4.69) is 38.1 Å². The molecule has 0 radical (unpaired) electrons. The first-order valence-corrected chi connectivity index (χ1v) is 5.91. The maximum Gasteiger partial charge on any atom is 0.0522 e. The molecule has 0 aliphatic rings. The molecular weight excluding hydrogens is 208 g/mol. The van der Waals surface area contributed by atoms with Crippen molar-refractivity contribution in [2.75, 3.05) is 6.61 Å². The molecule has 0 amide bonds. The van der Waals surface area contributed by atoms with Crippen LogP contribution in [0.4, 0.5) is 0 Å². The van der Waals surface area contributed by atoms with E-state index < -0.39 is 0 Å². The predicted molar refractivity (Wildman–Crippen MR) is 72.0 cm³/mol. The van der Waals surface area contributed by atoms with Crippen LogP contribution in [0.25, 0.3) is 11.1 Å². The van der Waals surface area contributed by atoms with Crippen LogP contribution in [-0.4, -0.2) is 11.7 Å². The van der Waals surface area contributed by atoms with E-state index in [1.807, 2.05) is 30.3 Å². The van der Waals surface area contributed by atoms with Crippen LogP contribution >= 0.6 is 0 Å². The van der Waals surface area contributed by atoms with Crippen LogP contribution in [0, 0.1) is 0 Å². The normalized spacial score (nSPS) is 11.5. The Kier molecular flexibility index (Phi) is 3.30. The minimum Gasteiger partial charge on any atom is -0.395 e. The summed E-state index contributed by atoms with van der Waals surface area (Å²) in [5, 5.41) is 9.52. The average Bonchev–Trinajstić information content (AvgIpc) is 2.40. The first-order valence-electron chi connectivity index (χ1n) is 5.91. The molecule has 0 aliphatic heterocycles. The second-order valence-corrected chi connectivity index (χ2v) is 4.95. The van der Waals surface area contributed by atoms with Gasteiger partial charge in [0.1, 0.15) is 0 Å². The largest absolute Gasteiger partial charge is 0.395 e. The molecule has 1 N–H and O–H groups in total. The molecular formula is C16H18O. The SMILES string of the molecule is CC(C)(CO)c1ccccc1-c1ccccc1. The van der Waals surface area contributed by atoms with E-state index in [1.165, 1.54) is 16.7 Å². The van der Waals surface area contributed by atoms with Crippen LogP contribution in [0.2, 0.25) is 0 Å². The van der Waals surface area contributed by atoms with Crippen LogP contribution in [0.5, 0.6) is 0 Å². The number of aliphatic hydroxyl groups excluding tert-OH is 1. The molecule has 0 aliphatic carbocycles. The number of aliphatic hydroxyl groups is 1. The van der Waals surface area contributed by atoms with Gasteiger partial charge in [0.2, 0.25) is 0 Å². The van der Waals surface area contributed by atoms with E-state index in [9.17, 15) is 5.11 Å². The molecule has 17 heavy (non-hydrogen) atoms. The maximum absolute atomic E-state index is 9.52. The standard InChI is InChI=1S/C16H18O/c1-16(2,12-17)15-11-7-6-10-14(15)13-8-4-3-5-9-13/h3-11,17H,12H2,1-2H3. The molecule has 2 aromatic carbocycles. The highest BCUT2D eigenvalue weighted by Gasteiger charge is 2.22. The van der Waals surface area contributed by atoms with Gasteiger partial charge in [-0.1, -0.05) is 68.4 Å². The summed E-state index contributed by atoms with van der Waals surface area (Å²) >= 11 is 0. The Labute approximate surface area is 103 Å². The van der Waals surface area contributed by atoms with Crippen LogP contribution in [-0.2, 0) is 5.41 Å². The van der Waals surface area contributed by atoms with Crippen LogP contribution < -0.4 is 0 Å². The zero-order valence-corrected chi connectivity index (χ0v) is 10.4. The highest BCUT2D eigenvalue weighted by molar-refractivity contribution is 5.68. The molecule has 0 spiro atoms. The van der Waals surface area contributed by atoms with Crippen molar-refractivity contribution >= 4 is 0 Å². The van der Waals surface area contributed by atoms with Gasteiger partial charge in [-0.3, -0.25) is 0 Å². The van der Waals surface area contributed by atoms with Gasteiger partial charge in [0.15, 0.2) is 0 Å². The topological polar surface area (TPSA) is 20.2 Å². The summed E-state index contributed by atoms with van der Waals surface area (Å²) in [6, 6.07) is 18.6. The fourth-order valence-electron chi connectivity index (χ4n) is 2.03. The molecule has 2 rings (SSSR count). The van der Waals surface area contributed by atoms with Crippen molar-refractivity contribution in [3.05, 3.63) is 60.2 Å². The number of hydrogen-bond acceptors (Lipinski definition) is 1. The molecule has 0 bridgehead atoms. The Morgan fingerprint density at radius 3 is 2.12 bits per heavy atom. The van der Waals surface area contributed by atoms with Gasteiger partial charge >= 0.3 is 0 Å². The quantitative estimate of drug-likeness (QED) is 0.847. The summed E-state index contributed by atoms with van der Waals surface area (Å²) in [7, 11) is 0. The van der Waals surface area contributed by atoms with Crippen molar-refractivity contribution in [3.8, 4) is 11.1 Å². The summed E-state index contributed by atoms with van der Waals surface area (Å²) in [6.45, 7) is 4.28. The molecule has 2 aromatic rings. The molecule has 0 heterocycles. The van der Waals surface area contributed by atoms with E-state index in [0.29, 0.717) is 0 Å². The molecule has 0 fully saturated rings. The minimum absolute atomic E-state index is 0.150. The third kappa shape index (κ3) is 2.40. The molecule has 1 heteroatoms. The second-order valence-electron chi connectivity index (χ2n) is 4.95. The van der Waals surface area contributed by atoms with Gasteiger partial charge in [-0.25, -0.2) is 0 Å². The molecule has 0 unspecified atom stereocenters. The molecule has 88 valence electrons. The van der Waals surface area contributed by atoms with E-state index in [0.717, 1.165) is 0 Å². The lowest BCUT2D eigenvalue weighted by atomic mass is 9.81. The summed E-state index contributed by atoms with van der Waals surface area (Å²) in [4.78, 5) is 0. The van der Waals surface area contributed by atoms with Gasteiger partial charge in [-0.2, -0.15) is 0 Å². The average molecular weight is 226 g/mol. The zero-order chi connectivity index (χ0) is 12.3. The summed E-state index contributed by atoms with van der Waals surface area (Å²) in [6.07, 6.45) is 0. The molecule has 1 nitrogen and oxygen atoms in total. The Bertz CT molecular complexity index is 486. The van der Waals surface area contributed by atoms with E-state index in [1.54, 1.807) is 0 Å². The van der Waals surface area contributed by atoms with Crippen molar-refractivity contribution in [2.45, 2.75) is 19.3 Å². The van der Waals surface area contributed by atoms with E-state index >= 15 is 0 Å². The van der Waals surface area contributed by atoms with Gasteiger partial charge in [0.25, 0.3) is 0 Å². The first-order chi connectivity index (χ1) is 8.15. The zero-order valence-electron chi connectivity index (χ0n) is 10.4. The van der Waals surface area contributed by atoms with Crippen LogP contribution in [0.1, 0.15) is 19.4 Å². The smallest absolute Gasteiger partial charge is 0.0522 e. The first kappa shape index (κ1) is 11.9. The summed E-state index contributed by atoms with van der Waals surface area (Å²) in [5.74, 6) is 0. The lowest BCUT2D eigenvalue weighted by Crippen LogP contribution is -2.22. The maximum atomic E-state index is 9.52. The highest BCUT2D eigenvalue weighted by Crippen LogP contribution is 2.32. The number of rotatable bonds is 3. The number of hydrogen-bond donors (Lipinski definition) is 1. The van der Waals surface area contributed by atoms with Crippen LogP contribution in [0.15, 0.2) is 54.6 Å². The van der Waals surface area contributed by atoms with Crippen LogP contribution in [0.3, 0.4) is 0 Å². The monoisotopic (exact) mass is 226 g/mol. The number of benzene rings is 2. The minimum atomic E-state index is -0.216. The third-order valence-electron chi connectivity index (χ3n) is 3.14. The van der Waals surface area contributed by atoms with Crippen molar-refractivity contribution in [1.29, 1.82) is 0 Å². The van der Waals surface area contributed by atoms with E-state index in [4.69, 9.17) is 0 Å². The summed E-state index contributed by atoms with van der Waals surface area (Å²) < 4.78 is 0. The van der Waals surface area contributed by atoms with Crippen molar-refractivity contribution in [2.24, 2.45) is 0 Å². The fourth-order valence-corrected chi connectivity index (χ4v) is 2.03. The van der Waals surface area contributed by atoms with Crippen molar-refractivity contribution in [3.63, 3.8) is 0 Å². The van der Waals surface area contributed by atoms with Gasteiger partial charge < -0.3 is 5.11 Å². The molecule has 0 aromatic heterocycles. The van der Waals surface area contributed by atoms with Crippen molar-refractivity contribution < 1.29 is 5.11 Å². The Balaban J connectivity index is 2.56. The molecule has 0 saturated carbocycles. The Morgan fingerprint density at radius 2 is 1.47 bits per heavy atom. The third-order valence-corrected chi connectivity index (χ3v) is 3.14. The molecule has 0 atom stereocenters. The lowest BCUT2D eigenvalue weighted by molar-refractivity contribution is 0.219. The summed E-state index contributed by atoms with van der Waals surface area (Å²) in [5.41, 5.74) is 3.37. The fraction of sp³-hybridized carbons (Fsp3) is 0.250. The lowest BCUT2D eigenvalue weighted by Gasteiger charge is -2.25. The van der Waals surface area contributed by atoms with E-state index in [-0.39, 0.29) is 12.0 Å². The van der Waals surface area contributed by atoms with Gasteiger partial charge in [-0.15, -0.1) is 0 Å². The van der Waals surface area contributed by atoms with Gasteiger partial charge in [0, 0.05) is 5.41 Å². The predicted octanol–water partition coefficient (Wildman–Crippen LogP) is 3.62. The van der Waals surface area contributed by atoms with Crippen molar-refractivity contribution in [1.82, 2.24) is 0 Å². The Morgan fingerprint density at radius 1 is 0.882 bits per heavy atom. The second kappa shape index (κ2) is 4.72. The van der Waals surface area contributed by atoms with Gasteiger partial charge in [-0.05, 0) is 16.7 Å².